The van der Waals surface area contributed by atoms with Crippen molar-refractivity contribution in [3.63, 3.8) is 0 Å². The molecule has 3 aromatic carbocycles. The van der Waals surface area contributed by atoms with Crippen molar-refractivity contribution < 1.29 is 18.7 Å². The Morgan fingerprint density at radius 2 is 1.54 bits per heavy atom. The predicted octanol–water partition coefficient (Wildman–Crippen LogP) is 5.81. The molecule has 7 heteroatoms. The fourth-order valence-electron chi connectivity index (χ4n) is 4.38. The van der Waals surface area contributed by atoms with E-state index in [1.54, 1.807) is 6.92 Å². The van der Waals surface area contributed by atoms with Crippen LogP contribution in [0.25, 0.3) is 5.69 Å². The quantitative estimate of drug-likeness (QED) is 0.254. The molecule has 1 heterocycles. The molecular weight excluding hydrogens is 496 g/mol. The zero-order chi connectivity index (χ0) is 28.4. The van der Waals surface area contributed by atoms with E-state index in [1.807, 2.05) is 50.2 Å². The molecule has 0 fully saturated rings. The molecular formula is C32H37F2N3O2. The van der Waals surface area contributed by atoms with Crippen molar-refractivity contribution >= 4 is 5.91 Å². The van der Waals surface area contributed by atoms with Crippen LogP contribution >= 0.6 is 0 Å². The van der Waals surface area contributed by atoms with Gasteiger partial charge in [-0.3, -0.25) is 4.79 Å². The molecule has 0 spiro atoms. The third kappa shape index (κ3) is 8.87. The average molecular weight is 534 g/mol. The number of nitrogens with one attached hydrogen (secondary N) is 2. The average Bonchev–Trinajstić information content (AvgIpc) is 3.21. The van der Waals surface area contributed by atoms with E-state index in [-0.39, 0.29) is 12.5 Å². The van der Waals surface area contributed by atoms with Gasteiger partial charge in [0.2, 0.25) is 0 Å². The molecule has 0 aliphatic carbocycles. The third-order valence-electron chi connectivity index (χ3n) is 6.30. The van der Waals surface area contributed by atoms with Gasteiger partial charge in [-0.25, -0.2) is 8.78 Å². The molecule has 0 radical (unpaired) electrons. The maximum atomic E-state index is 12.7. The lowest BCUT2D eigenvalue weighted by atomic mass is 10.1. The summed E-state index contributed by atoms with van der Waals surface area (Å²) in [5.41, 5.74) is 6.65. The van der Waals surface area contributed by atoms with Crippen molar-refractivity contribution in [3.05, 3.63) is 124 Å². The first-order valence-corrected chi connectivity index (χ1v) is 13.1. The number of carbonyl (C=O) groups is 1. The summed E-state index contributed by atoms with van der Waals surface area (Å²) in [6, 6.07) is 23.7. The van der Waals surface area contributed by atoms with Gasteiger partial charge in [-0.2, -0.15) is 0 Å². The topological polar surface area (TPSA) is 66.3 Å². The maximum absolute atomic E-state index is 12.7. The number of hydrogen-bond acceptors (Lipinski definition) is 3. The number of hydrogen-bond donors (Lipinski definition) is 3. The lowest BCUT2D eigenvalue weighted by Crippen LogP contribution is -2.38. The zero-order valence-electron chi connectivity index (χ0n) is 23.0. The highest BCUT2D eigenvalue weighted by atomic mass is 19.1. The number of aliphatic hydroxyl groups excluding tert-OH is 1. The van der Waals surface area contributed by atoms with E-state index < -0.39 is 17.7 Å². The van der Waals surface area contributed by atoms with Gasteiger partial charge in [0.1, 0.15) is 11.6 Å². The normalized spacial score (nSPS) is 11.5. The molecule has 206 valence electrons. The molecule has 1 unspecified atom stereocenters. The summed E-state index contributed by atoms with van der Waals surface area (Å²) in [6.07, 6.45) is 0.355. The third-order valence-corrected chi connectivity index (χ3v) is 6.30. The zero-order valence-corrected chi connectivity index (χ0v) is 23.0. The summed E-state index contributed by atoms with van der Waals surface area (Å²) in [7, 11) is 0. The summed E-state index contributed by atoms with van der Waals surface area (Å²) in [4.78, 5) is 12.7. The number of rotatable bonds is 9. The van der Waals surface area contributed by atoms with Crippen molar-refractivity contribution in [1.82, 2.24) is 15.2 Å². The molecule has 4 aromatic rings. The molecule has 0 aliphatic heterocycles. The predicted molar refractivity (Wildman–Crippen MR) is 152 cm³/mol. The Hall–Kier alpha value is -3.81. The first-order chi connectivity index (χ1) is 18.7. The van der Waals surface area contributed by atoms with Crippen LogP contribution in [0.4, 0.5) is 8.78 Å². The highest BCUT2D eigenvalue weighted by Crippen LogP contribution is 2.20. The number of aromatic nitrogens is 1. The fraction of sp³-hybridized carbons (Fsp3) is 0.281. The number of amides is 1. The highest BCUT2D eigenvalue weighted by molar-refractivity contribution is 5.95. The Balaban J connectivity index is 0.000000395. The lowest BCUT2D eigenvalue weighted by molar-refractivity contribution is 0.0914. The minimum absolute atomic E-state index is 0.167. The summed E-state index contributed by atoms with van der Waals surface area (Å²) in [6.45, 7) is 9.02. The van der Waals surface area contributed by atoms with Crippen LogP contribution in [0.5, 0.6) is 0 Å². The molecule has 39 heavy (non-hydrogen) atoms. The maximum Gasteiger partial charge on any atom is 0.253 e. The number of aliphatic hydroxyl groups is 1. The molecule has 0 aliphatic rings. The van der Waals surface area contributed by atoms with Gasteiger partial charge < -0.3 is 20.3 Å². The highest BCUT2D eigenvalue weighted by Gasteiger charge is 2.17. The van der Waals surface area contributed by atoms with Crippen LogP contribution in [-0.2, 0) is 13.0 Å². The molecule has 0 bridgehead atoms. The number of nitrogens with zero attached hydrogens (tertiary/aromatic N) is 1. The van der Waals surface area contributed by atoms with Crippen molar-refractivity contribution in [1.29, 1.82) is 0 Å². The first-order valence-electron chi connectivity index (χ1n) is 13.1. The smallest absolute Gasteiger partial charge is 0.253 e. The molecule has 1 amide bonds. The standard InChI is InChI=1S/C25H31N3O2.C7H6F2/c1-4-20-9-8-10-21(14-20)15-26-16-23(29)17-27-25(30)24-13-18(2)28(19(24)3)22-11-6-5-7-12-22;1-5-2-6(8)4-7(9)3-5/h5-14,23,26,29H,4,15-17H2,1-3H3,(H,27,30);2-4H,1H3. The summed E-state index contributed by atoms with van der Waals surface area (Å²) in [5.74, 6) is -1.21. The minimum Gasteiger partial charge on any atom is -0.390 e. The summed E-state index contributed by atoms with van der Waals surface area (Å²) >= 11 is 0. The van der Waals surface area contributed by atoms with Crippen LogP contribution in [-0.4, -0.2) is 34.8 Å². The molecule has 1 atom stereocenters. The SMILES string of the molecule is CCc1cccc(CNCC(O)CNC(=O)c2cc(C)n(-c3ccccc3)c2C)c1.Cc1cc(F)cc(F)c1. The van der Waals surface area contributed by atoms with Crippen molar-refractivity contribution in [2.24, 2.45) is 0 Å². The Labute approximate surface area is 229 Å². The van der Waals surface area contributed by atoms with Crippen molar-refractivity contribution in [2.75, 3.05) is 13.1 Å². The lowest BCUT2D eigenvalue weighted by Gasteiger charge is -2.14. The summed E-state index contributed by atoms with van der Waals surface area (Å²) < 4.78 is 26.4. The van der Waals surface area contributed by atoms with Gasteiger partial charge in [-0.05, 0) is 74.2 Å². The van der Waals surface area contributed by atoms with Gasteiger partial charge in [0.25, 0.3) is 5.91 Å². The second-order valence-corrected chi connectivity index (χ2v) is 9.57. The van der Waals surface area contributed by atoms with Crippen LogP contribution in [0, 0.1) is 32.4 Å². The number of halogens is 2. The van der Waals surface area contributed by atoms with Gasteiger partial charge in [0, 0.05) is 42.8 Å². The molecule has 0 saturated carbocycles. The molecule has 3 N–H and O–H groups in total. The molecule has 5 nitrogen and oxygen atoms in total. The number of aryl methyl sites for hydroxylation is 3. The van der Waals surface area contributed by atoms with E-state index in [0.717, 1.165) is 29.6 Å². The van der Waals surface area contributed by atoms with E-state index in [1.165, 1.54) is 23.3 Å². The van der Waals surface area contributed by atoms with Crippen LogP contribution in [0.3, 0.4) is 0 Å². The fourth-order valence-corrected chi connectivity index (χ4v) is 4.38. The largest absolute Gasteiger partial charge is 0.390 e. The Morgan fingerprint density at radius 1 is 0.872 bits per heavy atom. The number of para-hydroxylation sites is 1. The first kappa shape index (κ1) is 29.7. The molecule has 0 saturated heterocycles. The molecule has 4 rings (SSSR count). The van der Waals surface area contributed by atoms with Crippen LogP contribution < -0.4 is 10.6 Å². The Kier molecular flexibility index (Phi) is 11.0. The van der Waals surface area contributed by atoms with E-state index in [0.29, 0.717) is 24.2 Å². The van der Waals surface area contributed by atoms with E-state index in [4.69, 9.17) is 0 Å². The van der Waals surface area contributed by atoms with E-state index >= 15 is 0 Å². The van der Waals surface area contributed by atoms with E-state index in [9.17, 15) is 18.7 Å². The van der Waals surface area contributed by atoms with Gasteiger partial charge in [0.05, 0.1) is 11.7 Å². The van der Waals surface area contributed by atoms with Crippen LogP contribution in [0.1, 0.15) is 45.4 Å². The summed E-state index contributed by atoms with van der Waals surface area (Å²) in [5, 5.41) is 16.4. The van der Waals surface area contributed by atoms with Crippen LogP contribution in [0.15, 0.2) is 78.9 Å². The monoisotopic (exact) mass is 533 g/mol. The number of carbonyl (C=O) groups excluding carboxylic acids is 1. The van der Waals surface area contributed by atoms with Crippen molar-refractivity contribution in [2.45, 2.75) is 46.8 Å². The number of benzene rings is 3. The van der Waals surface area contributed by atoms with Crippen LogP contribution in [0.2, 0.25) is 0 Å². The van der Waals surface area contributed by atoms with E-state index in [2.05, 4.69) is 46.4 Å². The minimum atomic E-state index is -0.652. The van der Waals surface area contributed by atoms with Gasteiger partial charge in [-0.15, -0.1) is 0 Å². The van der Waals surface area contributed by atoms with Gasteiger partial charge in [-0.1, -0.05) is 49.4 Å². The molecule has 1 aromatic heterocycles. The van der Waals surface area contributed by atoms with Gasteiger partial charge in [0.15, 0.2) is 0 Å². The Bertz CT molecular complexity index is 1320. The second-order valence-electron chi connectivity index (χ2n) is 9.57. The second kappa shape index (κ2) is 14.4. The van der Waals surface area contributed by atoms with Crippen molar-refractivity contribution in [3.8, 4) is 5.69 Å². The Morgan fingerprint density at radius 3 is 2.18 bits per heavy atom. The van der Waals surface area contributed by atoms with Gasteiger partial charge >= 0.3 is 0 Å².